The molecule has 126 valence electrons. The first-order chi connectivity index (χ1) is 12.3. The summed E-state index contributed by atoms with van der Waals surface area (Å²) < 4.78 is 15.9. The number of amides is 1. The lowest BCUT2D eigenvalue weighted by Gasteiger charge is -2.05. The number of nitrogens with one attached hydrogen (secondary N) is 1. The molecular formula is C19H16N2O4. The third-order valence-corrected chi connectivity index (χ3v) is 3.89. The van der Waals surface area contributed by atoms with Gasteiger partial charge in [-0.15, -0.1) is 0 Å². The van der Waals surface area contributed by atoms with Crippen LogP contribution in [-0.4, -0.2) is 17.9 Å². The van der Waals surface area contributed by atoms with Gasteiger partial charge in [-0.2, -0.15) is 0 Å². The van der Waals surface area contributed by atoms with E-state index in [0.717, 1.165) is 16.9 Å². The lowest BCUT2D eigenvalue weighted by atomic mass is 10.1. The second-order valence-electron chi connectivity index (χ2n) is 5.69. The van der Waals surface area contributed by atoms with E-state index in [-0.39, 0.29) is 19.1 Å². The maximum atomic E-state index is 12.1. The number of hydrogen-bond acceptors (Lipinski definition) is 5. The molecule has 0 fully saturated rings. The molecule has 1 N–H and O–H groups in total. The largest absolute Gasteiger partial charge is 0.454 e. The Morgan fingerprint density at radius 3 is 2.76 bits per heavy atom. The van der Waals surface area contributed by atoms with E-state index in [9.17, 15) is 4.79 Å². The Morgan fingerprint density at radius 1 is 1.04 bits per heavy atom. The van der Waals surface area contributed by atoms with Crippen LogP contribution in [-0.2, 0) is 17.8 Å². The number of benzene rings is 2. The molecule has 25 heavy (non-hydrogen) atoms. The van der Waals surface area contributed by atoms with Gasteiger partial charge in [-0.3, -0.25) is 4.79 Å². The third kappa shape index (κ3) is 3.47. The topological polar surface area (TPSA) is 73.6 Å². The molecule has 3 aromatic rings. The van der Waals surface area contributed by atoms with E-state index in [4.69, 9.17) is 14.0 Å². The van der Waals surface area contributed by atoms with Crippen molar-refractivity contribution < 1.29 is 18.8 Å². The lowest BCUT2D eigenvalue weighted by molar-refractivity contribution is -0.120. The van der Waals surface area contributed by atoms with Crippen molar-refractivity contribution in [1.29, 1.82) is 0 Å². The summed E-state index contributed by atoms with van der Waals surface area (Å²) in [6, 6.07) is 17.1. The van der Waals surface area contributed by atoms with E-state index in [0.29, 0.717) is 23.7 Å². The highest BCUT2D eigenvalue weighted by Gasteiger charge is 2.14. The van der Waals surface area contributed by atoms with Crippen LogP contribution in [0.2, 0.25) is 0 Å². The van der Waals surface area contributed by atoms with Crippen molar-refractivity contribution in [2.45, 2.75) is 13.0 Å². The monoisotopic (exact) mass is 336 g/mol. The number of carbonyl (C=O) groups is 1. The summed E-state index contributed by atoms with van der Waals surface area (Å²) in [4.78, 5) is 12.1. The molecule has 4 rings (SSSR count). The fraction of sp³-hybridized carbons (Fsp3) is 0.158. The summed E-state index contributed by atoms with van der Waals surface area (Å²) in [5.74, 6) is 1.96. The average Bonchev–Trinajstić information content (AvgIpc) is 3.29. The van der Waals surface area contributed by atoms with Gasteiger partial charge in [-0.1, -0.05) is 41.6 Å². The van der Waals surface area contributed by atoms with Crippen LogP contribution >= 0.6 is 0 Å². The Balaban J connectivity index is 1.34. The minimum atomic E-state index is -0.120. The lowest BCUT2D eigenvalue weighted by Crippen LogP contribution is -2.24. The quantitative estimate of drug-likeness (QED) is 0.775. The summed E-state index contributed by atoms with van der Waals surface area (Å²) in [7, 11) is 0. The Kier molecular flexibility index (Phi) is 4.08. The standard InChI is InChI=1S/C19H16N2O4/c22-19(20-11-13-6-7-16-18(8-13)24-12-23-16)10-15-9-17(25-21-15)14-4-2-1-3-5-14/h1-9H,10-12H2,(H,20,22). The van der Waals surface area contributed by atoms with Gasteiger partial charge in [0.2, 0.25) is 12.7 Å². The van der Waals surface area contributed by atoms with Crippen molar-refractivity contribution in [3.8, 4) is 22.8 Å². The van der Waals surface area contributed by atoms with Crippen molar-refractivity contribution in [2.75, 3.05) is 6.79 Å². The van der Waals surface area contributed by atoms with E-state index in [2.05, 4.69) is 10.5 Å². The molecule has 6 heteroatoms. The molecule has 0 aliphatic carbocycles. The number of carbonyl (C=O) groups excluding carboxylic acids is 1. The normalized spacial score (nSPS) is 12.2. The van der Waals surface area contributed by atoms with Crippen LogP contribution in [0.4, 0.5) is 0 Å². The summed E-state index contributed by atoms with van der Waals surface area (Å²) in [6.45, 7) is 0.653. The second kappa shape index (κ2) is 6.68. The molecule has 0 unspecified atom stereocenters. The molecule has 0 radical (unpaired) electrons. The SMILES string of the molecule is O=C(Cc1cc(-c2ccccc2)on1)NCc1ccc2c(c1)OCO2. The molecule has 1 aliphatic heterocycles. The maximum Gasteiger partial charge on any atom is 0.231 e. The number of fused-ring (bicyclic) bond motifs is 1. The maximum absolute atomic E-state index is 12.1. The molecule has 0 saturated heterocycles. The zero-order valence-corrected chi connectivity index (χ0v) is 13.4. The van der Waals surface area contributed by atoms with E-state index in [1.165, 1.54) is 0 Å². The summed E-state index contributed by atoms with van der Waals surface area (Å²) >= 11 is 0. The Morgan fingerprint density at radius 2 is 1.88 bits per heavy atom. The van der Waals surface area contributed by atoms with Crippen LogP contribution in [0.3, 0.4) is 0 Å². The van der Waals surface area contributed by atoms with Crippen molar-refractivity contribution in [1.82, 2.24) is 10.5 Å². The van der Waals surface area contributed by atoms with E-state index in [1.54, 1.807) is 6.07 Å². The van der Waals surface area contributed by atoms with Gasteiger partial charge >= 0.3 is 0 Å². The number of nitrogens with zero attached hydrogens (tertiary/aromatic N) is 1. The summed E-state index contributed by atoms with van der Waals surface area (Å²) in [5.41, 5.74) is 2.48. The molecule has 0 saturated carbocycles. The molecule has 1 aromatic heterocycles. The fourth-order valence-corrected chi connectivity index (χ4v) is 2.61. The highest BCUT2D eigenvalue weighted by molar-refractivity contribution is 5.78. The minimum Gasteiger partial charge on any atom is -0.454 e. The summed E-state index contributed by atoms with van der Waals surface area (Å²) in [6.07, 6.45) is 0.168. The van der Waals surface area contributed by atoms with Gasteiger partial charge in [0.1, 0.15) is 0 Å². The van der Waals surface area contributed by atoms with Gasteiger partial charge in [0.05, 0.1) is 12.1 Å². The molecule has 0 bridgehead atoms. The zero-order chi connectivity index (χ0) is 17.1. The molecule has 1 amide bonds. The molecule has 2 heterocycles. The molecular weight excluding hydrogens is 320 g/mol. The van der Waals surface area contributed by atoms with Crippen LogP contribution < -0.4 is 14.8 Å². The van der Waals surface area contributed by atoms with Gasteiger partial charge in [0.25, 0.3) is 0 Å². The van der Waals surface area contributed by atoms with Gasteiger partial charge in [0.15, 0.2) is 17.3 Å². The van der Waals surface area contributed by atoms with E-state index < -0.39 is 0 Å². The van der Waals surface area contributed by atoms with Crippen molar-refractivity contribution in [3.05, 3.63) is 65.9 Å². The van der Waals surface area contributed by atoms with Crippen LogP contribution in [0.1, 0.15) is 11.3 Å². The Labute approximate surface area is 144 Å². The number of aromatic nitrogens is 1. The number of ether oxygens (including phenoxy) is 2. The smallest absolute Gasteiger partial charge is 0.231 e. The van der Waals surface area contributed by atoms with Crippen LogP contribution in [0.5, 0.6) is 11.5 Å². The van der Waals surface area contributed by atoms with Crippen LogP contribution in [0.15, 0.2) is 59.1 Å². The molecule has 1 aliphatic rings. The zero-order valence-electron chi connectivity index (χ0n) is 13.4. The minimum absolute atomic E-state index is 0.120. The van der Waals surface area contributed by atoms with Gasteiger partial charge in [-0.05, 0) is 17.7 Å². The first-order valence-corrected chi connectivity index (χ1v) is 7.94. The first kappa shape index (κ1) is 15.3. The fourth-order valence-electron chi connectivity index (χ4n) is 2.61. The Hall–Kier alpha value is -3.28. The van der Waals surface area contributed by atoms with Crippen molar-refractivity contribution >= 4 is 5.91 Å². The summed E-state index contributed by atoms with van der Waals surface area (Å²) in [5, 5.41) is 6.83. The van der Waals surface area contributed by atoms with Gasteiger partial charge in [-0.25, -0.2) is 0 Å². The molecule has 2 aromatic carbocycles. The van der Waals surface area contributed by atoms with Crippen LogP contribution in [0, 0.1) is 0 Å². The highest BCUT2D eigenvalue weighted by atomic mass is 16.7. The second-order valence-corrected chi connectivity index (χ2v) is 5.69. The number of rotatable bonds is 5. The van der Waals surface area contributed by atoms with E-state index in [1.807, 2.05) is 48.5 Å². The highest BCUT2D eigenvalue weighted by Crippen LogP contribution is 2.32. The third-order valence-electron chi connectivity index (χ3n) is 3.89. The van der Waals surface area contributed by atoms with Crippen molar-refractivity contribution in [2.24, 2.45) is 0 Å². The Bertz CT molecular complexity index is 889. The molecule has 6 nitrogen and oxygen atoms in total. The van der Waals surface area contributed by atoms with Gasteiger partial charge < -0.3 is 19.3 Å². The molecule has 0 atom stereocenters. The van der Waals surface area contributed by atoms with Gasteiger partial charge in [0, 0.05) is 18.2 Å². The predicted molar refractivity (Wildman–Crippen MR) is 90.1 cm³/mol. The average molecular weight is 336 g/mol. The number of hydrogen-bond donors (Lipinski definition) is 1. The van der Waals surface area contributed by atoms with E-state index >= 15 is 0 Å². The first-order valence-electron chi connectivity index (χ1n) is 7.94. The van der Waals surface area contributed by atoms with Crippen LogP contribution in [0.25, 0.3) is 11.3 Å². The molecule has 0 spiro atoms. The predicted octanol–water partition coefficient (Wildman–Crippen LogP) is 2.93. The van der Waals surface area contributed by atoms with Crippen molar-refractivity contribution in [3.63, 3.8) is 0 Å².